The van der Waals surface area contributed by atoms with Crippen molar-refractivity contribution in [1.82, 2.24) is 10.3 Å². The quantitative estimate of drug-likeness (QED) is 0.854. The predicted octanol–water partition coefficient (Wildman–Crippen LogP) is 4.35. The highest BCUT2D eigenvalue weighted by atomic mass is 35.5. The molecule has 19 heavy (non-hydrogen) atoms. The van der Waals surface area contributed by atoms with Crippen LogP contribution in [-0.2, 0) is 6.54 Å². The van der Waals surface area contributed by atoms with E-state index in [1.165, 1.54) is 30.2 Å². The lowest BCUT2D eigenvalue weighted by Gasteiger charge is -2.10. The van der Waals surface area contributed by atoms with Crippen LogP contribution in [0.1, 0.15) is 31.7 Å². The number of aromatic amines is 1. The van der Waals surface area contributed by atoms with Crippen LogP contribution in [0.3, 0.4) is 0 Å². The normalized spacial score (nSPS) is 23.3. The van der Waals surface area contributed by atoms with Crippen LogP contribution in [0.4, 0.5) is 0 Å². The first-order valence-electron chi connectivity index (χ1n) is 7.18. The fourth-order valence-electron chi connectivity index (χ4n) is 3.23. The third kappa shape index (κ3) is 2.96. The molecule has 0 aliphatic heterocycles. The van der Waals surface area contributed by atoms with E-state index in [1.807, 2.05) is 12.1 Å². The van der Waals surface area contributed by atoms with Crippen molar-refractivity contribution in [2.45, 2.75) is 32.7 Å². The average molecular weight is 277 g/mol. The van der Waals surface area contributed by atoms with E-state index in [-0.39, 0.29) is 0 Å². The Morgan fingerprint density at radius 2 is 2.26 bits per heavy atom. The minimum Gasteiger partial charge on any atom is -0.361 e. The molecule has 3 rings (SSSR count). The molecule has 1 aromatic heterocycles. The van der Waals surface area contributed by atoms with Crippen molar-refractivity contribution in [1.29, 1.82) is 0 Å². The van der Waals surface area contributed by atoms with E-state index in [1.54, 1.807) is 0 Å². The molecular formula is C16H21ClN2. The molecule has 1 fully saturated rings. The molecule has 2 N–H and O–H groups in total. The molecule has 2 atom stereocenters. The van der Waals surface area contributed by atoms with E-state index in [0.29, 0.717) is 0 Å². The van der Waals surface area contributed by atoms with Gasteiger partial charge in [0.05, 0.1) is 0 Å². The van der Waals surface area contributed by atoms with Crippen LogP contribution in [0.2, 0.25) is 5.02 Å². The van der Waals surface area contributed by atoms with E-state index < -0.39 is 0 Å². The van der Waals surface area contributed by atoms with Crippen LogP contribution in [0, 0.1) is 11.8 Å². The lowest BCUT2D eigenvalue weighted by Crippen LogP contribution is -2.20. The summed E-state index contributed by atoms with van der Waals surface area (Å²) in [6.45, 7) is 4.44. The fraction of sp³-hybridized carbons (Fsp3) is 0.500. The van der Waals surface area contributed by atoms with E-state index in [4.69, 9.17) is 11.6 Å². The van der Waals surface area contributed by atoms with Gasteiger partial charge in [-0.15, -0.1) is 0 Å². The molecule has 0 saturated heterocycles. The summed E-state index contributed by atoms with van der Waals surface area (Å²) in [5, 5.41) is 5.66. The second kappa shape index (κ2) is 5.56. The molecule has 1 saturated carbocycles. The highest BCUT2D eigenvalue weighted by molar-refractivity contribution is 6.31. The van der Waals surface area contributed by atoms with Crippen molar-refractivity contribution < 1.29 is 0 Å². The number of halogens is 1. The molecule has 1 aliphatic carbocycles. The van der Waals surface area contributed by atoms with Gasteiger partial charge in [-0.05, 0) is 48.9 Å². The SMILES string of the molecule is CC1CCC(CNCc2c[nH]c3cc(Cl)ccc23)C1. The predicted molar refractivity (Wildman–Crippen MR) is 81.5 cm³/mol. The van der Waals surface area contributed by atoms with Crippen molar-refractivity contribution in [3.8, 4) is 0 Å². The number of benzene rings is 1. The summed E-state index contributed by atoms with van der Waals surface area (Å²) >= 11 is 6.00. The second-order valence-corrected chi connectivity index (χ2v) is 6.36. The van der Waals surface area contributed by atoms with Crippen LogP contribution < -0.4 is 5.32 Å². The lowest BCUT2D eigenvalue weighted by molar-refractivity contribution is 0.471. The Bertz CT molecular complexity index is 561. The van der Waals surface area contributed by atoms with Gasteiger partial charge in [-0.25, -0.2) is 0 Å². The maximum Gasteiger partial charge on any atom is 0.0472 e. The van der Waals surface area contributed by atoms with E-state index in [0.717, 1.165) is 35.5 Å². The third-order valence-corrected chi connectivity index (χ3v) is 4.52. The zero-order valence-corrected chi connectivity index (χ0v) is 12.1. The van der Waals surface area contributed by atoms with Gasteiger partial charge in [0.2, 0.25) is 0 Å². The van der Waals surface area contributed by atoms with Gasteiger partial charge < -0.3 is 10.3 Å². The molecule has 0 amide bonds. The monoisotopic (exact) mass is 276 g/mol. The maximum absolute atomic E-state index is 6.00. The smallest absolute Gasteiger partial charge is 0.0472 e. The van der Waals surface area contributed by atoms with E-state index in [2.05, 4.69) is 29.5 Å². The minimum absolute atomic E-state index is 0.786. The highest BCUT2D eigenvalue weighted by Crippen LogP contribution is 2.29. The Hall–Kier alpha value is -0.990. The molecule has 2 aromatic rings. The molecule has 2 nitrogen and oxygen atoms in total. The van der Waals surface area contributed by atoms with Crippen LogP contribution in [0.5, 0.6) is 0 Å². The average Bonchev–Trinajstić information content (AvgIpc) is 2.96. The summed E-state index contributed by atoms with van der Waals surface area (Å²) in [4.78, 5) is 3.29. The van der Waals surface area contributed by atoms with Crippen molar-refractivity contribution in [2.75, 3.05) is 6.54 Å². The molecule has 1 heterocycles. The zero-order valence-electron chi connectivity index (χ0n) is 11.4. The van der Waals surface area contributed by atoms with Gasteiger partial charge in [0, 0.05) is 28.7 Å². The topological polar surface area (TPSA) is 27.8 Å². The third-order valence-electron chi connectivity index (χ3n) is 4.28. The first-order valence-corrected chi connectivity index (χ1v) is 7.56. The summed E-state index contributed by atoms with van der Waals surface area (Å²) in [6, 6.07) is 6.04. The summed E-state index contributed by atoms with van der Waals surface area (Å²) in [7, 11) is 0. The second-order valence-electron chi connectivity index (χ2n) is 5.92. The van der Waals surface area contributed by atoms with Crippen LogP contribution >= 0.6 is 11.6 Å². The highest BCUT2D eigenvalue weighted by Gasteiger charge is 2.20. The largest absolute Gasteiger partial charge is 0.361 e. The fourth-order valence-corrected chi connectivity index (χ4v) is 3.40. The van der Waals surface area contributed by atoms with Gasteiger partial charge in [-0.1, -0.05) is 31.0 Å². The first kappa shape index (κ1) is 13.0. The van der Waals surface area contributed by atoms with Crippen molar-refractivity contribution >= 4 is 22.5 Å². The number of fused-ring (bicyclic) bond motifs is 1. The molecule has 0 bridgehead atoms. The summed E-state index contributed by atoms with van der Waals surface area (Å²) in [5.41, 5.74) is 2.46. The number of H-pyrrole nitrogens is 1. The van der Waals surface area contributed by atoms with Gasteiger partial charge in [0.15, 0.2) is 0 Å². The Morgan fingerprint density at radius 1 is 1.37 bits per heavy atom. The molecule has 3 heteroatoms. The van der Waals surface area contributed by atoms with Crippen LogP contribution in [0.25, 0.3) is 10.9 Å². The molecule has 1 aromatic carbocycles. The van der Waals surface area contributed by atoms with E-state index >= 15 is 0 Å². The number of hydrogen-bond acceptors (Lipinski definition) is 1. The van der Waals surface area contributed by atoms with E-state index in [9.17, 15) is 0 Å². The van der Waals surface area contributed by atoms with Gasteiger partial charge >= 0.3 is 0 Å². The molecule has 0 radical (unpaired) electrons. The van der Waals surface area contributed by atoms with Gasteiger partial charge in [0.25, 0.3) is 0 Å². The zero-order chi connectivity index (χ0) is 13.2. The number of nitrogens with one attached hydrogen (secondary N) is 2. The number of aromatic nitrogens is 1. The first-order chi connectivity index (χ1) is 9.22. The molecule has 102 valence electrons. The maximum atomic E-state index is 6.00. The van der Waals surface area contributed by atoms with Crippen LogP contribution in [0.15, 0.2) is 24.4 Å². The molecule has 0 spiro atoms. The summed E-state index contributed by atoms with van der Waals surface area (Å²) < 4.78 is 0. The van der Waals surface area contributed by atoms with Crippen molar-refractivity contribution in [3.05, 3.63) is 35.0 Å². The Morgan fingerprint density at radius 3 is 3.05 bits per heavy atom. The molecular weight excluding hydrogens is 256 g/mol. The number of hydrogen-bond donors (Lipinski definition) is 2. The van der Waals surface area contributed by atoms with Gasteiger partial charge in [-0.3, -0.25) is 0 Å². The summed E-state index contributed by atoms with van der Waals surface area (Å²) in [5.74, 6) is 1.79. The lowest BCUT2D eigenvalue weighted by atomic mass is 10.1. The Kier molecular flexibility index (Phi) is 3.81. The van der Waals surface area contributed by atoms with Crippen molar-refractivity contribution in [3.63, 3.8) is 0 Å². The Balaban J connectivity index is 1.59. The van der Waals surface area contributed by atoms with Crippen molar-refractivity contribution in [2.24, 2.45) is 11.8 Å². The van der Waals surface area contributed by atoms with Crippen LogP contribution in [-0.4, -0.2) is 11.5 Å². The standard InChI is InChI=1S/C16H21ClN2/c1-11-2-3-12(6-11)8-18-9-13-10-19-16-7-14(17)4-5-15(13)16/h4-5,7,10-12,18-19H,2-3,6,8-9H2,1H3. The number of rotatable bonds is 4. The van der Waals surface area contributed by atoms with Gasteiger partial charge in [-0.2, -0.15) is 0 Å². The molecule has 2 unspecified atom stereocenters. The minimum atomic E-state index is 0.786. The molecule has 1 aliphatic rings. The van der Waals surface area contributed by atoms with Gasteiger partial charge in [0.1, 0.15) is 0 Å². The Labute approximate surface area is 119 Å². The summed E-state index contributed by atoms with van der Waals surface area (Å²) in [6.07, 6.45) is 6.26.